The molecule has 122 valence electrons. The molecule has 0 bridgehead atoms. The summed E-state index contributed by atoms with van der Waals surface area (Å²) in [5.74, 6) is -0.234. The molecule has 0 saturated carbocycles. The van der Waals surface area contributed by atoms with Crippen LogP contribution < -0.4 is 5.32 Å². The number of nitrogens with one attached hydrogen (secondary N) is 1. The molecule has 3 aromatic rings. The number of amides is 1. The molecule has 0 atom stereocenters. The van der Waals surface area contributed by atoms with Crippen LogP contribution in [0.5, 0.6) is 0 Å². The van der Waals surface area contributed by atoms with E-state index in [1.54, 1.807) is 12.1 Å². The molecule has 0 saturated heterocycles. The number of carbonyl (C=O) groups excluding carboxylic acids is 1. The summed E-state index contributed by atoms with van der Waals surface area (Å²) in [5, 5.41) is 14.7. The van der Waals surface area contributed by atoms with E-state index in [0.717, 1.165) is 17.7 Å². The monoisotopic (exact) mass is 325 g/mol. The Labute approximate surface area is 138 Å². The second-order valence-electron chi connectivity index (χ2n) is 5.25. The molecule has 6 nitrogen and oxygen atoms in total. The predicted molar refractivity (Wildman–Crippen MR) is 87.7 cm³/mol. The highest BCUT2D eigenvalue weighted by Gasteiger charge is 2.10. The van der Waals surface area contributed by atoms with Crippen LogP contribution in [0.15, 0.2) is 48.5 Å². The molecule has 1 N–H and O–H groups in total. The van der Waals surface area contributed by atoms with Gasteiger partial charge in [-0.25, -0.2) is 4.39 Å². The second-order valence-corrected chi connectivity index (χ2v) is 5.25. The van der Waals surface area contributed by atoms with Crippen molar-refractivity contribution in [3.8, 4) is 11.4 Å². The van der Waals surface area contributed by atoms with Crippen molar-refractivity contribution in [3.05, 3.63) is 59.9 Å². The maximum absolute atomic E-state index is 12.9. The average Bonchev–Trinajstić information content (AvgIpc) is 3.04. The molecule has 0 unspecified atom stereocenters. The summed E-state index contributed by atoms with van der Waals surface area (Å²) in [4.78, 5) is 13.3. The first-order chi connectivity index (χ1) is 11.6. The molecular weight excluding hydrogens is 309 g/mol. The fourth-order valence-corrected chi connectivity index (χ4v) is 2.22. The van der Waals surface area contributed by atoms with Gasteiger partial charge in [-0.1, -0.05) is 19.1 Å². The maximum atomic E-state index is 12.9. The smallest absolute Gasteiger partial charge is 0.248 e. The van der Waals surface area contributed by atoms with Crippen molar-refractivity contribution in [1.29, 1.82) is 0 Å². The summed E-state index contributed by atoms with van der Waals surface area (Å²) >= 11 is 0. The van der Waals surface area contributed by atoms with Crippen LogP contribution in [0.2, 0.25) is 0 Å². The summed E-state index contributed by atoms with van der Waals surface area (Å²) in [5.41, 5.74) is 2.52. The van der Waals surface area contributed by atoms with Crippen LogP contribution in [-0.2, 0) is 17.8 Å². The molecular formula is C17H16FN5O. The fraction of sp³-hybridized carbons (Fsp3) is 0.176. The number of carbonyl (C=O) groups is 1. The Balaban J connectivity index is 1.65. The van der Waals surface area contributed by atoms with Gasteiger partial charge in [-0.15, -0.1) is 10.2 Å². The summed E-state index contributed by atoms with van der Waals surface area (Å²) < 4.78 is 12.9. The molecule has 0 aliphatic carbocycles. The minimum absolute atomic E-state index is 0.0510. The Hall–Kier alpha value is -3.09. The lowest BCUT2D eigenvalue weighted by Crippen LogP contribution is -2.20. The first kappa shape index (κ1) is 15.8. The maximum Gasteiger partial charge on any atom is 0.248 e. The molecule has 1 aromatic heterocycles. The Kier molecular flexibility index (Phi) is 4.60. The molecule has 0 aliphatic heterocycles. The zero-order valence-corrected chi connectivity index (χ0v) is 13.1. The third kappa shape index (κ3) is 3.81. The lowest BCUT2D eigenvalue weighted by atomic mass is 10.1. The predicted octanol–water partition coefficient (Wildman–Crippen LogP) is 2.68. The Morgan fingerprint density at radius 2 is 2.00 bits per heavy atom. The van der Waals surface area contributed by atoms with Crippen LogP contribution in [0.3, 0.4) is 0 Å². The van der Waals surface area contributed by atoms with E-state index in [-0.39, 0.29) is 18.3 Å². The summed E-state index contributed by atoms with van der Waals surface area (Å²) in [6.45, 7) is 2.00. The van der Waals surface area contributed by atoms with Gasteiger partial charge in [0.25, 0.3) is 0 Å². The van der Waals surface area contributed by atoms with Gasteiger partial charge in [0.15, 0.2) is 0 Å². The van der Waals surface area contributed by atoms with E-state index in [0.29, 0.717) is 11.4 Å². The van der Waals surface area contributed by atoms with Gasteiger partial charge in [-0.3, -0.25) is 4.79 Å². The standard InChI is InChI=1S/C17H16FN5O/c1-2-12-4-3-5-15(10-12)19-16(24)11-23-21-17(20-22-23)13-6-8-14(18)9-7-13/h3-10H,2,11H2,1H3,(H,19,24). The highest BCUT2D eigenvalue weighted by atomic mass is 19.1. The van der Waals surface area contributed by atoms with E-state index in [1.165, 1.54) is 16.9 Å². The zero-order valence-electron chi connectivity index (χ0n) is 13.1. The van der Waals surface area contributed by atoms with E-state index < -0.39 is 0 Å². The van der Waals surface area contributed by atoms with Crippen molar-refractivity contribution in [3.63, 3.8) is 0 Å². The van der Waals surface area contributed by atoms with E-state index >= 15 is 0 Å². The molecule has 0 aliphatic rings. The molecule has 24 heavy (non-hydrogen) atoms. The third-order valence-electron chi connectivity index (χ3n) is 3.46. The van der Waals surface area contributed by atoms with Gasteiger partial charge in [0.05, 0.1) is 0 Å². The average molecular weight is 325 g/mol. The first-order valence-electron chi connectivity index (χ1n) is 7.56. The minimum Gasteiger partial charge on any atom is -0.324 e. The van der Waals surface area contributed by atoms with Crippen molar-refractivity contribution in [2.24, 2.45) is 0 Å². The normalized spacial score (nSPS) is 10.6. The first-order valence-corrected chi connectivity index (χ1v) is 7.56. The largest absolute Gasteiger partial charge is 0.324 e. The summed E-state index contributed by atoms with van der Waals surface area (Å²) in [6, 6.07) is 13.4. The van der Waals surface area contributed by atoms with Crippen molar-refractivity contribution < 1.29 is 9.18 Å². The number of halogens is 1. The van der Waals surface area contributed by atoms with Crippen LogP contribution in [-0.4, -0.2) is 26.1 Å². The van der Waals surface area contributed by atoms with Gasteiger partial charge in [0.2, 0.25) is 11.7 Å². The summed E-state index contributed by atoms with van der Waals surface area (Å²) in [6.07, 6.45) is 0.898. The number of aromatic nitrogens is 4. The molecule has 1 heterocycles. The summed E-state index contributed by atoms with van der Waals surface area (Å²) in [7, 11) is 0. The number of benzene rings is 2. The Morgan fingerprint density at radius 3 is 2.75 bits per heavy atom. The lowest BCUT2D eigenvalue weighted by Gasteiger charge is -2.05. The van der Waals surface area contributed by atoms with Crippen molar-refractivity contribution in [2.45, 2.75) is 19.9 Å². The van der Waals surface area contributed by atoms with E-state index in [4.69, 9.17) is 0 Å². The molecule has 1 amide bonds. The number of hydrogen-bond donors (Lipinski definition) is 1. The molecule has 0 radical (unpaired) electrons. The SMILES string of the molecule is CCc1cccc(NC(=O)Cn2nnc(-c3ccc(F)cc3)n2)c1. The highest BCUT2D eigenvalue weighted by molar-refractivity contribution is 5.90. The van der Waals surface area contributed by atoms with Crippen molar-refractivity contribution >= 4 is 11.6 Å². The van der Waals surface area contributed by atoms with E-state index in [1.807, 2.05) is 24.3 Å². The van der Waals surface area contributed by atoms with Gasteiger partial charge in [-0.05, 0) is 53.6 Å². The van der Waals surface area contributed by atoms with Crippen LogP contribution in [0.25, 0.3) is 11.4 Å². The zero-order chi connectivity index (χ0) is 16.9. The van der Waals surface area contributed by atoms with Gasteiger partial charge in [-0.2, -0.15) is 4.80 Å². The fourth-order valence-electron chi connectivity index (χ4n) is 2.22. The van der Waals surface area contributed by atoms with E-state index in [9.17, 15) is 9.18 Å². The third-order valence-corrected chi connectivity index (χ3v) is 3.46. The number of hydrogen-bond acceptors (Lipinski definition) is 4. The number of aryl methyl sites for hydroxylation is 1. The van der Waals surface area contributed by atoms with Gasteiger partial charge >= 0.3 is 0 Å². The number of tetrazole rings is 1. The van der Waals surface area contributed by atoms with E-state index in [2.05, 4.69) is 27.7 Å². The molecule has 0 fully saturated rings. The quantitative estimate of drug-likeness (QED) is 0.783. The molecule has 3 rings (SSSR count). The van der Waals surface area contributed by atoms with Crippen LogP contribution in [0.1, 0.15) is 12.5 Å². The van der Waals surface area contributed by atoms with Crippen LogP contribution in [0.4, 0.5) is 10.1 Å². The van der Waals surface area contributed by atoms with Crippen LogP contribution >= 0.6 is 0 Å². The van der Waals surface area contributed by atoms with Crippen molar-refractivity contribution in [1.82, 2.24) is 20.2 Å². The minimum atomic E-state index is -0.333. The number of rotatable bonds is 5. The van der Waals surface area contributed by atoms with Crippen molar-refractivity contribution in [2.75, 3.05) is 5.32 Å². The van der Waals surface area contributed by atoms with Gasteiger partial charge in [0, 0.05) is 11.3 Å². The molecule has 2 aromatic carbocycles. The van der Waals surface area contributed by atoms with Gasteiger partial charge in [0.1, 0.15) is 12.4 Å². The number of nitrogens with zero attached hydrogens (tertiary/aromatic N) is 4. The Morgan fingerprint density at radius 1 is 1.21 bits per heavy atom. The molecule has 0 spiro atoms. The Bertz CT molecular complexity index is 844. The lowest BCUT2D eigenvalue weighted by molar-refractivity contribution is -0.117. The topological polar surface area (TPSA) is 72.7 Å². The highest BCUT2D eigenvalue weighted by Crippen LogP contribution is 2.14. The second kappa shape index (κ2) is 6.99. The number of anilines is 1. The molecule has 7 heteroatoms. The van der Waals surface area contributed by atoms with Crippen LogP contribution in [0, 0.1) is 5.82 Å². The van der Waals surface area contributed by atoms with Gasteiger partial charge < -0.3 is 5.32 Å².